The lowest BCUT2D eigenvalue weighted by atomic mass is 10.2. The van der Waals surface area contributed by atoms with Crippen LogP contribution >= 0.6 is 38.6 Å². The molecule has 0 atom stereocenters. The lowest BCUT2D eigenvalue weighted by Gasteiger charge is -1.96. The minimum atomic E-state index is 1.01. The van der Waals surface area contributed by atoms with Gasteiger partial charge in [-0.25, -0.2) is 9.97 Å². The standard InChI is InChI=1S/C20H15BrN2S2/c1-12-3-5-15(6-4-12)19-22-13(2)18(25-19)20-23-17(11-24-20)14-7-9-16(21)10-8-14/h3-11H,1-2H3. The first-order valence-electron chi connectivity index (χ1n) is 7.86. The summed E-state index contributed by atoms with van der Waals surface area (Å²) in [6, 6.07) is 16.8. The third-order valence-corrected chi connectivity index (χ3v) is 6.66. The summed E-state index contributed by atoms with van der Waals surface area (Å²) in [7, 11) is 0. The molecule has 0 N–H and O–H groups in total. The van der Waals surface area contributed by atoms with Crippen molar-refractivity contribution < 1.29 is 0 Å². The van der Waals surface area contributed by atoms with Gasteiger partial charge in [-0.2, -0.15) is 0 Å². The molecule has 2 heterocycles. The van der Waals surface area contributed by atoms with E-state index in [9.17, 15) is 0 Å². The molecule has 124 valence electrons. The van der Waals surface area contributed by atoms with Crippen molar-refractivity contribution in [2.24, 2.45) is 0 Å². The number of halogens is 1. The van der Waals surface area contributed by atoms with Crippen LogP contribution in [0.2, 0.25) is 0 Å². The van der Waals surface area contributed by atoms with Gasteiger partial charge in [0.1, 0.15) is 10.0 Å². The van der Waals surface area contributed by atoms with E-state index < -0.39 is 0 Å². The fourth-order valence-electron chi connectivity index (χ4n) is 2.55. The Labute approximate surface area is 163 Å². The summed E-state index contributed by atoms with van der Waals surface area (Å²) in [5.41, 5.74) is 5.60. The maximum atomic E-state index is 4.84. The molecule has 0 bridgehead atoms. The molecule has 2 aromatic carbocycles. The third-order valence-electron chi connectivity index (χ3n) is 3.93. The summed E-state index contributed by atoms with van der Waals surface area (Å²) < 4.78 is 1.08. The van der Waals surface area contributed by atoms with Gasteiger partial charge in [-0.15, -0.1) is 22.7 Å². The van der Waals surface area contributed by atoms with Crippen molar-refractivity contribution in [3.05, 3.63) is 69.6 Å². The number of thiazole rings is 2. The molecule has 0 aliphatic carbocycles. The van der Waals surface area contributed by atoms with Crippen LogP contribution in [0.1, 0.15) is 11.3 Å². The summed E-state index contributed by atoms with van der Waals surface area (Å²) in [6.45, 7) is 4.16. The Balaban J connectivity index is 1.69. The highest BCUT2D eigenvalue weighted by Gasteiger charge is 2.15. The topological polar surface area (TPSA) is 25.8 Å². The summed E-state index contributed by atoms with van der Waals surface area (Å²) in [4.78, 5) is 10.8. The third kappa shape index (κ3) is 3.45. The second kappa shape index (κ2) is 6.83. The van der Waals surface area contributed by atoms with Crippen molar-refractivity contribution in [3.8, 4) is 31.7 Å². The Morgan fingerprint density at radius 1 is 0.800 bits per heavy atom. The first-order chi connectivity index (χ1) is 12.1. The molecule has 0 unspecified atom stereocenters. The van der Waals surface area contributed by atoms with Crippen molar-refractivity contribution in [1.29, 1.82) is 0 Å². The van der Waals surface area contributed by atoms with Crippen LogP contribution in [0.4, 0.5) is 0 Å². The highest BCUT2D eigenvalue weighted by atomic mass is 79.9. The summed E-state index contributed by atoms with van der Waals surface area (Å²) >= 11 is 6.86. The van der Waals surface area contributed by atoms with Gasteiger partial charge in [0, 0.05) is 21.0 Å². The zero-order valence-electron chi connectivity index (χ0n) is 13.8. The Kier molecular flexibility index (Phi) is 4.54. The lowest BCUT2D eigenvalue weighted by molar-refractivity contribution is 1.26. The predicted octanol–water partition coefficient (Wildman–Crippen LogP) is 6.98. The van der Waals surface area contributed by atoms with Crippen LogP contribution in [0, 0.1) is 13.8 Å². The minimum Gasteiger partial charge on any atom is -0.241 e. The van der Waals surface area contributed by atoms with E-state index >= 15 is 0 Å². The quantitative estimate of drug-likeness (QED) is 0.353. The molecule has 0 saturated heterocycles. The molecule has 5 heteroatoms. The molecule has 2 nitrogen and oxygen atoms in total. The number of nitrogens with zero attached hydrogens (tertiary/aromatic N) is 2. The maximum Gasteiger partial charge on any atom is 0.135 e. The zero-order valence-corrected chi connectivity index (χ0v) is 17.0. The molecule has 0 aliphatic heterocycles. The lowest BCUT2D eigenvalue weighted by Crippen LogP contribution is -1.80. The van der Waals surface area contributed by atoms with Crippen LogP contribution in [0.3, 0.4) is 0 Å². The Morgan fingerprint density at radius 3 is 2.20 bits per heavy atom. The monoisotopic (exact) mass is 426 g/mol. The molecule has 0 radical (unpaired) electrons. The van der Waals surface area contributed by atoms with Gasteiger partial charge in [-0.05, 0) is 26.0 Å². The summed E-state index contributed by atoms with van der Waals surface area (Å²) in [5, 5.41) is 4.20. The van der Waals surface area contributed by atoms with E-state index in [2.05, 4.69) is 71.6 Å². The van der Waals surface area contributed by atoms with E-state index in [1.807, 2.05) is 12.1 Å². The normalized spacial score (nSPS) is 11.0. The van der Waals surface area contributed by atoms with Crippen LogP contribution in [0.15, 0.2) is 58.4 Å². The van der Waals surface area contributed by atoms with Crippen LogP contribution in [-0.4, -0.2) is 9.97 Å². The smallest absolute Gasteiger partial charge is 0.135 e. The zero-order chi connectivity index (χ0) is 17.4. The van der Waals surface area contributed by atoms with Gasteiger partial charge < -0.3 is 0 Å². The SMILES string of the molecule is Cc1ccc(-c2nc(C)c(-c3nc(-c4ccc(Br)cc4)cs3)s2)cc1. The van der Waals surface area contributed by atoms with Crippen LogP contribution in [-0.2, 0) is 0 Å². The molecule has 0 spiro atoms. The van der Waals surface area contributed by atoms with Gasteiger partial charge in [0.05, 0.1) is 16.3 Å². The molecule has 25 heavy (non-hydrogen) atoms. The van der Waals surface area contributed by atoms with Gasteiger partial charge in [0.15, 0.2) is 0 Å². The molecule has 0 aliphatic rings. The average molecular weight is 427 g/mol. The first kappa shape index (κ1) is 16.6. The van der Waals surface area contributed by atoms with E-state index in [-0.39, 0.29) is 0 Å². The molecule has 0 fully saturated rings. The van der Waals surface area contributed by atoms with Crippen LogP contribution in [0.25, 0.3) is 31.7 Å². The van der Waals surface area contributed by atoms with Crippen molar-refractivity contribution in [3.63, 3.8) is 0 Å². The van der Waals surface area contributed by atoms with Gasteiger partial charge >= 0.3 is 0 Å². The van der Waals surface area contributed by atoms with Gasteiger partial charge in [-0.3, -0.25) is 0 Å². The molecular formula is C20H15BrN2S2. The first-order valence-corrected chi connectivity index (χ1v) is 10.4. The van der Waals surface area contributed by atoms with Crippen LogP contribution in [0.5, 0.6) is 0 Å². The fourth-order valence-corrected chi connectivity index (χ4v) is 4.85. The number of aryl methyl sites for hydroxylation is 2. The highest BCUT2D eigenvalue weighted by molar-refractivity contribution is 9.10. The Bertz CT molecular complexity index is 1010. The molecule has 4 aromatic rings. The van der Waals surface area contributed by atoms with Crippen molar-refractivity contribution in [1.82, 2.24) is 9.97 Å². The number of benzene rings is 2. The molecule has 2 aromatic heterocycles. The number of hydrogen-bond donors (Lipinski definition) is 0. The van der Waals surface area contributed by atoms with Gasteiger partial charge in [0.25, 0.3) is 0 Å². The van der Waals surface area contributed by atoms with Crippen molar-refractivity contribution >= 4 is 38.6 Å². The van der Waals surface area contributed by atoms with Crippen molar-refractivity contribution in [2.45, 2.75) is 13.8 Å². The predicted molar refractivity (Wildman–Crippen MR) is 111 cm³/mol. The fraction of sp³-hybridized carbons (Fsp3) is 0.100. The molecule has 4 rings (SSSR count). The summed E-state index contributed by atoms with van der Waals surface area (Å²) in [6.07, 6.45) is 0. The number of hydrogen-bond acceptors (Lipinski definition) is 4. The minimum absolute atomic E-state index is 1.01. The van der Waals surface area contributed by atoms with Gasteiger partial charge in [0.2, 0.25) is 0 Å². The van der Waals surface area contributed by atoms with E-state index in [0.29, 0.717) is 0 Å². The van der Waals surface area contributed by atoms with E-state index in [1.54, 1.807) is 22.7 Å². The van der Waals surface area contributed by atoms with Crippen LogP contribution < -0.4 is 0 Å². The Hall–Kier alpha value is -1.82. The van der Waals surface area contributed by atoms with E-state index in [1.165, 1.54) is 5.56 Å². The van der Waals surface area contributed by atoms with Gasteiger partial charge in [-0.1, -0.05) is 57.9 Å². The second-order valence-electron chi connectivity index (χ2n) is 5.84. The van der Waals surface area contributed by atoms with E-state index in [4.69, 9.17) is 9.97 Å². The molecular weight excluding hydrogens is 412 g/mol. The Morgan fingerprint density at radius 2 is 1.48 bits per heavy atom. The highest BCUT2D eigenvalue weighted by Crippen LogP contribution is 2.38. The second-order valence-corrected chi connectivity index (χ2v) is 8.62. The molecule has 0 amide bonds. The average Bonchev–Trinajstić information content (AvgIpc) is 3.23. The molecule has 0 saturated carbocycles. The maximum absolute atomic E-state index is 4.84. The number of rotatable bonds is 3. The van der Waals surface area contributed by atoms with Crippen molar-refractivity contribution in [2.75, 3.05) is 0 Å². The summed E-state index contributed by atoms with van der Waals surface area (Å²) in [5.74, 6) is 0. The van der Waals surface area contributed by atoms with E-state index in [0.717, 1.165) is 41.9 Å². The number of aromatic nitrogens is 2. The largest absolute Gasteiger partial charge is 0.241 e.